The minimum Gasteiger partial charge on any atom is -0.303 e. The molecule has 0 spiro atoms. The van der Waals surface area contributed by atoms with E-state index in [4.69, 9.17) is 0 Å². The highest BCUT2D eigenvalue weighted by Gasteiger charge is 2.36. The van der Waals surface area contributed by atoms with E-state index >= 15 is 0 Å². The number of carbonyl (C=O) groups excluding carboxylic acids is 1. The number of thioether (sulfide) groups is 1. The van der Waals surface area contributed by atoms with Gasteiger partial charge in [0, 0.05) is 41.1 Å². The van der Waals surface area contributed by atoms with Gasteiger partial charge in [-0.2, -0.15) is 5.10 Å². The number of ketones is 1. The summed E-state index contributed by atoms with van der Waals surface area (Å²) in [7, 11) is 3.71. The van der Waals surface area contributed by atoms with Gasteiger partial charge in [0.05, 0.1) is 0 Å². The first-order chi connectivity index (χ1) is 9.31. The van der Waals surface area contributed by atoms with Gasteiger partial charge in [0.15, 0.2) is 5.78 Å². The highest BCUT2D eigenvalue weighted by molar-refractivity contribution is 8.01. The van der Waals surface area contributed by atoms with E-state index in [0.717, 1.165) is 21.6 Å². The minimum atomic E-state index is -0.238. The lowest BCUT2D eigenvalue weighted by molar-refractivity contribution is 0.102. The zero-order valence-corrected chi connectivity index (χ0v) is 13.4. The molecule has 1 aromatic rings. The molecule has 0 aromatic heterocycles. The Morgan fingerprint density at radius 1 is 1.30 bits per heavy atom. The zero-order chi connectivity index (χ0) is 14.9. The minimum absolute atomic E-state index is 0.109. The molecular weight excluding hydrogens is 268 g/mol. The van der Waals surface area contributed by atoms with E-state index in [1.165, 1.54) is 0 Å². The lowest BCUT2D eigenvalue weighted by atomic mass is 9.92. The summed E-state index contributed by atoms with van der Waals surface area (Å²) in [4.78, 5) is 13.8. The van der Waals surface area contributed by atoms with Crippen LogP contribution < -0.4 is 0 Å². The van der Waals surface area contributed by atoms with Crippen LogP contribution in [0.15, 0.2) is 39.8 Å². The Hall–Kier alpha value is -1.55. The third kappa shape index (κ3) is 2.96. The maximum atomic E-state index is 12.7. The molecule has 0 bridgehead atoms. The monoisotopic (exact) mass is 288 g/mol. The molecule has 2 rings (SSSR count). The number of hydrogen-bond donors (Lipinski definition) is 0. The maximum Gasteiger partial charge on any atom is 0.191 e. The molecule has 0 aliphatic carbocycles. The van der Waals surface area contributed by atoms with Gasteiger partial charge < -0.3 is 5.01 Å². The molecule has 0 saturated heterocycles. The molecular formula is C16H20N2OS. The maximum absolute atomic E-state index is 12.7. The van der Waals surface area contributed by atoms with E-state index in [1.54, 1.807) is 23.0 Å². The average Bonchev–Trinajstić information content (AvgIpc) is 2.34. The Morgan fingerprint density at radius 3 is 2.65 bits per heavy atom. The Labute approximate surface area is 124 Å². The Kier molecular flexibility index (Phi) is 4.04. The number of nitrogens with zero attached hydrogens (tertiary/aromatic N) is 2. The fourth-order valence-corrected chi connectivity index (χ4v) is 3.39. The number of hydrazone groups is 1. The highest BCUT2D eigenvalue weighted by atomic mass is 32.2. The van der Waals surface area contributed by atoms with Crippen molar-refractivity contribution >= 4 is 23.8 Å². The normalized spacial score (nSPS) is 19.4. The smallest absolute Gasteiger partial charge is 0.191 e. The molecule has 0 N–H and O–H groups in total. The number of hydrogen-bond acceptors (Lipinski definition) is 4. The van der Waals surface area contributed by atoms with Crippen molar-refractivity contribution in [3.05, 3.63) is 41.0 Å². The van der Waals surface area contributed by atoms with E-state index in [0.29, 0.717) is 0 Å². The van der Waals surface area contributed by atoms with Crippen molar-refractivity contribution in [3.63, 3.8) is 0 Å². The van der Waals surface area contributed by atoms with Crippen LogP contribution in [0.1, 0.15) is 29.8 Å². The van der Waals surface area contributed by atoms with Gasteiger partial charge in [0.25, 0.3) is 0 Å². The summed E-state index contributed by atoms with van der Waals surface area (Å²) in [6.45, 7) is 6.16. The second-order valence-electron chi connectivity index (χ2n) is 5.63. The fourth-order valence-electron chi connectivity index (χ4n) is 2.18. The Balaban J connectivity index is 2.46. The first kappa shape index (κ1) is 14.9. The van der Waals surface area contributed by atoms with Crippen molar-refractivity contribution in [3.8, 4) is 0 Å². The first-order valence-electron chi connectivity index (χ1n) is 6.58. The molecule has 0 amide bonds. The van der Waals surface area contributed by atoms with Gasteiger partial charge in [-0.3, -0.25) is 4.79 Å². The van der Waals surface area contributed by atoms with Crippen LogP contribution in [0.3, 0.4) is 0 Å². The van der Waals surface area contributed by atoms with E-state index in [2.05, 4.69) is 25.0 Å². The largest absolute Gasteiger partial charge is 0.303 e. The molecule has 1 aromatic carbocycles. The summed E-state index contributed by atoms with van der Waals surface area (Å²) in [5.74, 6) is 0.109. The number of fused-ring (bicyclic) bond motifs is 1. The standard InChI is InChI=1S/C16H20N2OS/c1-11-6-7-14-12(10-11)15(19)13(16(2,3)20-14)8-9-17-18(4)5/h6-10H,1-5H3/b13-8+,17-9+. The quantitative estimate of drug-likeness (QED) is 0.474. The summed E-state index contributed by atoms with van der Waals surface area (Å²) in [6, 6.07) is 6.06. The molecule has 1 aliphatic rings. The lowest BCUT2D eigenvalue weighted by Gasteiger charge is -2.32. The predicted molar refractivity (Wildman–Crippen MR) is 85.7 cm³/mol. The molecule has 3 nitrogen and oxygen atoms in total. The second kappa shape index (κ2) is 5.44. The highest BCUT2D eigenvalue weighted by Crippen LogP contribution is 2.45. The van der Waals surface area contributed by atoms with E-state index in [1.807, 2.05) is 39.2 Å². The van der Waals surface area contributed by atoms with Crippen molar-refractivity contribution in [2.24, 2.45) is 5.10 Å². The Morgan fingerprint density at radius 2 is 2.00 bits per heavy atom. The van der Waals surface area contributed by atoms with Crippen LogP contribution >= 0.6 is 11.8 Å². The summed E-state index contributed by atoms with van der Waals surface area (Å²) < 4.78 is -0.238. The molecule has 0 unspecified atom stereocenters. The van der Waals surface area contributed by atoms with Crippen LogP contribution in [0.2, 0.25) is 0 Å². The first-order valence-corrected chi connectivity index (χ1v) is 7.39. The van der Waals surface area contributed by atoms with Crippen LogP contribution in [0.5, 0.6) is 0 Å². The van der Waals surface area contributed by atoms with Crippen LogP contribution in [0, 0.1) is 6.92 Å². The molecule has 0 fully saturated rings. The summed E-state index contributed by atoms with van der Waals surface area (Å²) in [5.41, 5.74) is 2.71. The van der Waals surface area contributed by atoms with Gasteiger partial charge in [-0.05, 0) is 39.0 Å². The number of rotatable bonds is 2. The van der Waals surface area contributed by atoms with E-state index in [9.17, 15) is 4.79 Å². The van der Waals surface area contributed by atoms with Gasteiger partial charge in [0.2, 0.25) is 0 Å². The number of benzene rings is 1. The Bertz CT molecular complexity index is 600. The second-order valence-corrected chi connectivity index (χ2v) is 7.30. The summed E-state index contributed by atoms with van der Waals surface area (Å²) >= 11 is 1.73. The van der Waals surface area contributed by atoms with Crippen LogP contribution in [-0.4, -0.2) is 35.8 Å². The third-order valence-electron chi connectivity index (χ3n) is 3.18. The van der Waals surface area contributed by atoms with Crippen LogP contribution in [0.4, 0.5) is 0 Å². The zero-order valence-electron chi connectivity index (χ0n) is 12.6. The number of Topliss-reactive ketones (excluding diaryl/α,β-unsaturated/α-hetero) is 1. The van der Waals surface area contributed by atoms with Gasteiger partial charge in [-0.1, -0.05) is 11.6 Å². The van der Waals surface area contributed by atoms with E-state index in [-0.39, 0.29) is 10.5 Å². The molecule has 0 radical (unpaired) electrons. The van der Waals surface area contributed by atoms with Crippen molar-refractivity contribution in [1.82, 2.24) is 5.01 Å². The molecule has 1 heterocycles. The topological polar surface area (TPSA) is 32.7 Å². The predicted octanol–water partition coefficient (Wildman–Crippen LogP) is 3.54. The van der Waals surface area contributed by atoms with E-state index < -0.39 is 0 Å². The van der Waals surface area contributed by atoms with Gasteiger partial charge in [-0.15, -0.1) is 11.8 Å². The molecule has 4 heteroatoms. The molecule has 0 atom stereocenters. The number of aryl methyl sites for hydroxylation is 1. The van der Waals surface area contributed by atoms with Crippen LogP contribution in [-0.2, 0) is 0 Å². The van der Waals surface area contributed by atoms with Gasteiger partial charge in [0.1, 0.15) is 0 Å². The number of allylic oxidation sites excluding steroid dienone is 1. The fraction of sp³-hybridized carbons (Fsp3) is 0.375. The molecule has 106 valence electrons. The summed E-state index contributed by atoms with van der Waals surface area (Å²) in [5, 5.41) is 5.87. The summed E-state index contributed by atoms with van der Waals surface area (Å²) in [6.07, 6.45) is 3.52. The van der Waals surface area contributed by atoms with Crippen molar-refractivity contribution in [2.75, 3.05) is 14.1 Å². The van der Waals surface area contributed by atoms with Crippen LogP contribution in [0.25, 0.3) is 0 Å². The average molecular weight is 288 g/mol. The SMILES string of the molecule is Cc1ccc2c(c1)C(=O)/C(=C\C=N\N(C)C)C(C)(C)S2. The van der Waals surface area contributed by atoms with Gasteiger partial charge in [-0.25, -0.2) is 0 Å². The van der Waals surface area contributed by atoms with Gasteiger partial charge >= 0.3 is 0 Å². The third-order valence-corrected chi connectivity index (χ3v) is 4.48. The van der Waals surface area contributed by atoms with Crippen molar-refractivity contribution in [2.45, 2.75) is 30.4 Å². The molecule has 0 saturated carbocycles. The lowest BCUT2D eigenvalue weighted by Crippen LogP contribution is -2.29. The van der Waals surface area contributed by atoms with Crippen molar-refractivity contribution < 1.29 is 4.79 Å². The van der Waals surface area contributed by atoms with Crippen molar-refractivity contribution in [1.29, 1.82) is 0 Å². The molecule has 20 heavy (non-hydrogen) atoms. The molecule has 1 aliphatic heterocycles. The number of carbonyl (C=O) groups is 1.